The number of hydrazine groups is 1. The first-order valence-corrected chi connectivity index (χ1v) is 6.91. The molecule has 23 heavy (non-hydrogen) atoms. The van der Waals surface area contributed by atoms with Crippen molar-refractivity contribution in [3.8, 4) is 5.75 Å². The molecule has 4 amide bonds. The van der Waals surface area contributed by atoms with Gasteiger partial charge in [-0.25, -0.2) is 15.6 Å². The molecule has 4 N–H and O–H groups in total. The van der Waals surface area contributed by atoms with Crippen LogP contribution >= 0.6 is 0 Å². The molecule has 0 aromatic heterocycles. The molecule has 1 aliphatic heterocycles. The molecule has 9 heteroatoms. The van der Waals surface area contributed by atoms with Crippen molar-refractivity contribution >= 4 is 24.1 Å². The number of rotatable bonds is 6. The van der Waals surface area contributed by atoms with Gasteiger partial charge in [-0.05, 0) is 18.6 Å². The van der Waals surface area contributed by atoms with Crippen LogP contribution < -0.4 is 26.3 Å². The lowest BCUT2D eigenvalue weighted by molar-refractivity contribution is -0.124. The Morgan fingerprint density at radius 1 is 1.39 bits per heavy atom. The number of carbonyl (C=O) groups is 3. The standard InChI is InChI=1S/C14H17N5O4/c1-23-11-5-3-2-4-9(11)8-15-18-12(20)7-6-10-13(21)16-14(22)19-17-10/h2-5,8,10,17H,6-7H2,1H3,(H,18,20)(H2,16,19,21,22)/b15-8+. The molecule has 1 fully saturated rings. The predicted octanol–water partition coefficient (Wildman–Crippen LogP) is -0.362. The summed E-state index contributed by atoms with van der Waals surface area (Å²) in [7, 11) is 1.55. The smallest absolute Gasteiger partial charge is 0.335 e. The molecule has 0 radical (unpaired) electrons. The van der Waals surface area contributed by atoms with Gasteiger partial charge in [0.15, 0.2) is 0 Å². The van der Waals surface area contributed by atoms with Gasteiger partial charge < -0.3 is 4.74 Å². The lowest BCUT2D eigenvalue weighted by Crippen LogP contribution is -2.62. The van der Waals surface area contributed by atoms with Crippen LogP contribution in [0, 0.1) is 0 Å². The van der Waals surface area contributed by atoms with E-state index in [0.717, 1.165) is 5.56 Å². The number of amides is 4. The number of hydrazone groups is 1. The van der Waals surface area contributed by atoms with E-state index < -0.39 is 18.0 Å². The number of para-hydroxylation sites is 1. The Kier molecular flexibility index (Phi) is 5.64. The van der Waals surface area contributed by atoms with Gasteiger partial charge in [0, 0.05) is 12.0 Å². The van der Waals surface area contributed by atoms with Crippen LogP contribution in [0.2, 0.25) is 0 Å². The quantitative estimate of drug-likeness (QED) is 0.421. The first-order chi connectivity index (χ1) is 11.1. The van der Waals surface area contributed by atoms with Gasteiger partial charge in [-0.15, -0.1) is 0 Å². The number of hydrogen-bond donors (Lipinski definition) is 4. The Morgan fingerprint density at radius 3 is 2.91 bits per heavy atom. The number of methoxy groups -OCH3 is 1. The van der Waals surface area contributed by atoms with E-state index in [4.69, 9.17) is 4.74 Å². The molecule has 0 spiro atoms. The van der Waals surface area contributed by atoms with Crippen LogP contribution in [0.4, 0.5) is 4.79 Å². The summed E-state index contributed by atoms with van der Waals surface area (Å²) in [5.41, 5.74) is 7.89. The second-order valence-corrected chi connectivity index (χ2v) is 4.71. The highest BCUT2D eigenvalue weighted by molar-refractivity contribution is 5.99. The van der Waals surface area contributed by atoms with Crippen LogP contribution in [0.3, 0.4) is 0 Å². The van der Waals surface area contributed by atoms with Crippen LogP contribution in [-0.4, -0.2) is 37.2 Å². The molecule has 1 unspecified atom stereocenters. The van der Waals surface area contributed by atoms with Crippen molar-refractivity contribution in [2.75, 3.05) is 7.11 Å². The summed E-state index contributed by atoms with van der Waals surface area (Å²) in [6.45, 7) is 0. The van der Waals surface area contributed by atoms with E-state index in [1.807, 2.05) is 12.1 Å². The van der Waals surface area contributed by atoms with Gasteiger partial charge in [-0.2, -0.15) is 5.10 Å². The normalized spacial score (nSPS) is 17.5. The Morgan fingerprint density at radius 2 is 2.17 bits per heavy atom. The fraction of sp³-hybridized carbons (Fsp3) is 0.286. The number of nitrogens with one attached hydrogen (secondary N) is 4. The first kappa shape index (κ1) is 16.4. The Bertz CT molecular complexity index is 631. The molecule has 0 aliphatic carbocycles. The van der Waals surface area contributed by atoms with E-state index in [1.165, 1.54) is 6.21 Å². The van der Waals surface area contributed by atoms with E-state index in [0.29, 0.717) is 5.75 Å². The lowest BCUT2D eigenvalue weighted by atomic mass is 10.1. The molecule has 122 valence electrons. The summed E-state index contributed by atoms with van der Waals surface area (Å²) >= 11 is 0. The maximum Gasteiger partial charge on any atom is 0.335 e. The average molecular weight is 319 g/mol. The van der Waals surface area contributed by atoms with E-state index in [9.17, 15) is 14.4 Å². The Hall–Kier alpha value is -2.94. The number of nitrogens with zero attached hydrogens (tertiary/aromatic N) is 1. The zero-order chi connectivity index (χ0) is 16.7. The number of urea groups is 1. The number of ether oxygens (including phenoxy) is 1. The number of benzene rings is 1. The summed E-state index contributed by atoms with van der Waals surface area (Å²) in [5, 5.41) is 5.95. The van der Waals surface area contributed by atoms with Crippen LogP contribution in [-0.2, 0) is 9.59 Å². The third-order valence-electron chi connectivity index (χ3n) is 3.11. The van der Waals surface area contributed by atoms with Crippen molar-refractivity contribution in [2.24, 2.45) is 5.10 Å². The highest BCUT2D eigenvalue weighted by Gasteiger charge is 2.25. The van der Waals surface area contributed by atoms with Crippen LogP contribution in [0.15, 0.2) is 29.4 Å². The van der Waals surface area contributed by atoms with Gasteiger partial charge in [0.05, 0.1) is 13.3 Å². The van der Waals surface area contributed by atoms with Gasteiger partial charge in [-0.3, -0.25) is 20.3 Å². The highest BCUT2D eigenvalue weighted by Crippen LogP contribution is 2.14. The summed E-state index contributed by atoms with van der Waals surface area (Å²) in [6.07, 6.45) is 1.77. The zero-order valence-electron chi connectivity index (χ0n) is 12.5. The SMILES string of the molecule is COc1ccccc1/C=N/NC(=O)CCC1NNC(=O)NC1=O. The van der Waals surface area contributed by atoms with Crippen LogP contribution in [0.5, 0.6) is 5.75 Å². The fourth-order valence-corrected chi connectivity index (χ4v) is 1.93. The molecule has 1 atom stereocenters. The lowest BCUT2D eigenvalue weighted by Gasteiger charge is -2.22. The predicted molar refractivity (Wildman–Crippen MR) is 81.6 cm³/mol. The summed E-state index contributed by atoms with van der Waals surface area (Å²) in [5.74, 6) is -0.175. The third-order valence-corrected chi connectivity index (χ3v) is 3.11. The van der Waals surface area contributed by atoms with Gasteiger partial charge in [0.2, 0.25) is 11.8 Å². The molecular formula is C14H17N5O4. The van der Waals surface area contributed by atoms with Gasteiger partial charge >= 0.3 is 6.03 Å². The van der Waals surface area contributed by atoms with Crippen molar-refractivity contribution in [3.63, 3.8) is 0 Å². The summed E-state index contributed by atoms with van der Waals surface area (Å²) < 4.78 is 5.16. The minimum Gasteiger partial charge on any atom is -0.496 e. The first-order valence-electron chi connectivity index (χ1n) is 6.91. The van der Waals surface area contributed by atoms with Crippen molar-refractivity contribution in [3.05, 3.63) is 29.8 Å². The second kappa shape index (κ2) is 7.90. The number of carbonyl (C=O) groups excluding carboxylic acids is 3. The van der Waals surface area contributed by atoms with Crippen molar-refractivity contribution in [1.29, 1.82) is 0 Å². The summed E-state index contributed by atoms with van der Waals surface area (Å²) in [6, 6.07) is 5.97. The van der Waals surface area contributed by atoms with E-state index in [-0.39, 0.29) is 18.7 Å². The molecule has 1 aromatic rings. The van der Waals surface area contributed by atoms with Crippen molar-refractivity contribution in [1.82, 2.24) is 21.6 Å². The average Bonchev–Trinajstić information content (AvgIpc) is 2.54. The molecule has 9 nitrogen and oxygen atoms in total. The second-order valence-electron chi connectivity index (χ2n) is 4.71. The molecule has 2 rings (SSSR count). The largest absolute Gasteiger partial charge is 0.496 e. The summed E-state index contributed by atoms with van der Waals surface area (Å²) in [4.78, 5) is 34.0. The molecule has 1 saturated heterocycles. The van der Waals surface area contributed by atoms with E-state index in [1.54, 1.807) is 19.2 Å². The molecule has 0 bridgehead atoms. The fourth-order valence-electron chi connectivity index (χ4n) is 1.93. The molecule has 1 aliphatic rings. The van der Waals surface area contributed by atoms with Crippen molar-refractivity contribution < 1.29 is 19.1 Å². The molecular weight excluding hydrogens is 302 g/mol. The minimum atomic E-state index is -0.656. The maximum atomic E-state index is 11.7. The molecule has 1 aromatic carbocycles. The minimum absolute atomic E-state index is 0.0736. The van der Waals surface area contributed by atoms with Gasteiger partial charge in [0.1, 0.15) is 11.8 Å². The van der Waals surface area contributed by atoms with Crippen LogP contribution in [0.1, 0.15) is 18.4 Å². The molecule has 0 saturated carbocycles. The van der Waals surface area contributed by atoms with Crippen LogP contribution in [0.25, 0.3) is 0 Å². The van der Waals surface area contributed by atoms with Gasteiger partial charge in [-0.1, -0.05) is 12.1 Å². The maximum absolute atomic E-state index is 11.7. The Labute approximate surface area is 132 Å². The number of imide groups is 1. The Balaban J connectivity index is 1.78. The monoisotopic (exact) mass is 319 g/mol. The number of hydrogen-bond acceptors (Lipinski definition) is 6. The van der Waals surface area contributed by atoms with E-state index >= 15 is 0 Å². The van der Waals surface area contributed by atoms with Gasteiger partial charge in [0.25, 0.3) is 0 Å². The topological polar surface area (TPSA) is 121 Å². The molecule has 1 heterocycles. The highest BCUT2D eigenvalue weighted by atomic mass is 16.5. The van der Waals surface area contributed by atoms with Crippen molar-refractivity contribution in [2.45, 2.75) is 18.9 Å². The third kappa shape index (κ3) is 4.78. The zero-order valence-corrected chi connectivity index (χ0v) is 12.5. The van der Waals surface area contributed by atoms with E-state index in [2.05, 4.69) is 26.7 Å².